The molecule has 1 aromatic heterocycles. The largest absolute Gasteiger partial charge is 0.447 e. The Morgan fingerprint density at radius 1 is 1.24 bits per heavy atom. The fourth-order valence-corrected chi connectivity index (χ4v) is 3.05. The van der Waals surface area contributed by atoms with E-state index in [1.807, 2.05) is 41.2 Å². The van der Waals surface area contributed by atoms with E-state index in [1.165, 1.54) is 6.42 Å². The van der Waals surface area contributed by atoms with Gasteiger partial charge in [0.1, 0.15) is 6.61 Å². The number of anilines is 2. The van der Waals surface area contributed by atoms with Crippen LogP contribution in [-0.2, 0) is 16.0 Å². The maximum absolute atomic E-state index is 12.2. The van der Waals surface area contributed by atoms with Crippen LogP contribution >= 0.6 is 0 Å². The fraction of sp³-hybridized carbons (Fsp3) is 0.389. The topological polar surface area (TPSA) is 76.5 Å². The number of nitrogens with zero attached hydrogens (tertiary/aromatic N) is 3. The van der Waals surface area contributed by atoms with Gasteiger partial charge < -0.3 is 10.1 Å². The monoisotopic (exact) mass is 340 g/mol. The van der Waals surface area contributed by atoms with Crippen LogP contribution < -0.4 is 10.2 Å². The summed E-state index contributed by atoms with van der Waals surface area (Å²) in [4.78, 5) is 25.3. The first kappa shape index (κ1) is 15.7. The Kier molecular flexibility index (Phi) is 4.13. The van der Waals surface area contributed by atoms with Crippen molar-refractivity contribution in [3.8, 4) is 0 Å². The maximum Gasteiger partial charge on any atom is 0.414 e. The molecular formula is C18H20N4O3. The summed E-state index contributed by atoms with van der Waals surface area (Å²) < 4.78 is 6.86. The summed E-state index contributed by atoms with van der Waals surface area (Å²) in [5.41, 5.74) is 1.66. The molecule has 1 N–H and O–H groups in total. The summed E-state index contributed by atoms with van der Waals surface area (Å²) in [5.74, 6) is 0.487. The molecule has 2 amide bonds. The number of carbonyl (C=O) groups excluding carboxylic acids is 2. The van der Waals surface area contributed by atoms with Gasteiger partial charge in [0, 0.05) is 18.0 Å². The van der Waals surface area contributed by atoms with E-state index in [1.54, 1.807) is 4.90 Å². The lowest BCUT2D eigenvalue weighted by Crippen LogP contribution is -2.23. The van der Waals surface area contributed by atoms with Crippen molar-refractivity contribution in [3.05, 3.63) is 42.1 Å². The van der Waals surface area contributed by atoms with Crippen LogP contribution in [0, 0.1) is 0 Å². The minimum absolute atomic E-state index is 0.104. The first-order valence-electron chi connectivity index (χ1n) is 8.57. The zero-order valence-corrected chi connectivity index (χ0v) is 13.9. The van der Waals surface area contributed by atoms with Crippen molar-refractivity contribution in [1.82, 2.24) is 9.78 Å². The van der Waals surface area contributed by atoms with E-state index >= 15 is 0 Å². The number of amides is 2. The van der Waals surface area contributed by atoms with Crippen LogP contribution in [0.4, 0.5) is 16.3 Å². The van der Waals surface area contributed by atoms with Crippen LogP contribution in [-0.4, -0.2) is 34.9 Å². The molecule has 2 aromatic rings. The standard InChI is InChI=1S/C18H20N4O3/c23-17(19-16-8-9-22(20-16)15-2-1-3-15)12-13-4-6-14(7-5-13)21-10-11-25-18(21)24/h4-9,15H,1-3,10-12H2,(H,19,20,23). The molecule has 0 radical (unpaired) electrons. The van der Waals surface area contributed by atoms with Gasteiger partial charge in [-0.2, -0.15) is 5.10 Å². The van der Waals surface area contributed by atoms with Crippen molar-refractivity contribution >= 4 is 23.5 Å². The van der Waals surface area contributed by atoms with Gasteiger partial charge in [0.2, 0.25) is 5.91 Å². The van der Waals surface area contributed by atoms with Gasteiger partial charge in [-0.15, -0.1) is 0 Å². The lowest BCUT2D eigenvalue weighted by Gasteiger charge is -2.25. The quantitative estimate of drug-likeness (QED) is 0.908. The fourth-order valence-electron chi connectivity index (χ4n) is 3.05. The van der Waals surface area contributed by atoms with Crippen molar-refractivity contribution in [2.75, 3.05) is 23.4 Å². The molecular weight excluding hydrogens is 320 g/mol. The molecule has 1 saturated heterocycles. The molecule has 4 rings (SSSR count). The first-order chi connectivity index (χ1) is 12.2. The van der Waals surface area contributed by atoms with E-state index in [0.29, 0.717) is 25.0 Å². The Morgan fingerprint density at radius 3 is 2.68 bits per heavy atom. The summed E-state index contributed by atoms with van der Waals surface area (Å²) in [6.07, 6.45) is 5.42. The van der Waals surface area contributed by atoms with E-state index in [9.17, 15) is 9.59 Å². The summed E-state index contributed by atoms with van der Waals surface area (Å²) in [5, 5.41) is 7.25. The lowest BCUT2D eigenvalue weighted by atomic mass is 9.93. The van der Waals surface area contributed by atoms with Gasteiger partial charge in [-0.1, -0.05) is 12.1 Å². The van der Waals surface area contributed by atoms with Gasteiger partial charge >= 0.3 is 6.09 Å². The molecule has 0 spiro atoms. The molecule has 1 aromatic carbocycles. The van der Waals surface area contributed by atoms with E-state index in [2.05, 4.69) is 10.4 Å². The molecule has 130 valence electrons. The molecule has 0 bridgehead atoms. The van der Waals surface area contributed by atoms with Crippen molar-refractivity contribution in [2.24, 2.45) is 0 Å². The van der Waals surface area contributed by atoms with Crippen LogP contribution in [0.1, 0.15) is 30.9 Å². The number of cyclic esters (lactones) is 1. The third-order valence-corrected chi connectivity index (χ3v) is 4.70. The molecule has 0 unspecified atom stereocenters. The Morgan fingerprint density at radius 2 is 2.04 bits per heavy atom. The van der Waals surface area contributed by atoms with Gasteiger partial charge in [0.25, 0.3) is 0 Å². The Labute approximate surface area is 145 Å². The Bertz CT molecular complexity index is 780. The van der Waals surface area contributed by atoms with Crippen LogP contribution in [0.2, 0.25) is 0 Å². The van der Waals surface area contributed by atoms with Gasteiger partial charge in [-0.05, 0) is 37.0 Å². The van der Waals surface area contributed by atoms with Gasteiger partial charge in [-0.25, -0.2) is 4.79 Å². The Hall–Kier alpha value is -2.83. The highest BCUT2D eigenvalue weighted by Gasteiger charge is 2.23. The third kappa shape index (κ3) is 3.35. The number of aromatic nitrogens is 2. The zero-order valence-electron chi connectivity index (χ0n) is 13.9. The molecule has 7 heteroatoms. The summed E-state index contributed by atoms with van der Waals surface area (Å²) >= 11 is 0. The van der Waals surface area contributed by atoms with Crippen LogP contribution in [0.15, 0.2) is 36.5 Å². The van der Waals surface area contributed by atoms with Crippen LogP contribution in [0.25, 0.3) is 0 Å². The number of carbonyl (C=O) groups is 2. The molecule has 2 heterocycles. The number of hydrogen-bond donors (Lipinski definition) is 1. The van der Waals surface area contributed by atoms with E-state index < -0.39 is 0 Å². The van der Waals surface area contributed by atoms with Gasteiger partial charge in [0.05, 0.1) is 19.0 Å². The van der Waals surface area contributed by atoms with E-state index in [-0.39, 0.29) is 18.4 Å². The minimum atomic E-state index is -0.326. The second kappa shape index (κ2) is 6.58. The number of hydrogen-bond acceptors (Lipinski definition) is 4. The predicted molar refractivity (Wildman–Crippen MR) is 92.6 cm³/mol. The molecule has 1 aliphatic carbocycles. The SMILES string of the molecule is O=C(Cc1ccc(N2CCOC2=O)cc1)Nc1ccn(C2CCC2)n1. The summed E-state index contributed by atoms with van der Waals surface area (Å²) in [6.45, 7) is 0.971. The van der Waals surface area contributed by atoms with Crippen molar-refractivity contribution in [1.29, 1.82) is 0 Å². The zero-order chi connectivity index (χ0) is 17.2. The number of ether oxygens (including phenoxy) is 1. The maximum atomic E-state index is 12.2. The predicted octanol–water partition coefficient (Wildman–Crippen LogP) is 2.75. The highest BCUT2D eigenvalue weighted by molar-refractivity contribution is 5.92. The third-order valence-electron chi connectivity index (χ3n) is 4.70. The van der Waals surface area contributed by atoms with Crippen LogP contribution in [0.5, 0.6) is 0 Å². The average Bonchev–Trinajstić information content (AvgIpc) is 3.16. The highest BCUT2D eigenvalue weighted by Crippen LogP contribution is 2.31. The van der Waals surface area contributed by atoms with Gasteiger partial charge in [0.15, 0.2) is 5.82 Å². The number of benzene rings is 1. The van der Waals surface area contributed by atoms with Crippen molar-refractivity contribution < 1.29 is 14.3 Å². The number of rotatable bonds is 5. The first-order valence-corrected chi connectivity index (χ1v) is 8.57. The molecule has 1 saturated carbocycles. The second-order valence-corrected chi connectivity index (χ2v) is 6.42. The van der Waals surface area contributed by atoms with E-state index in [4.69, 9.17) is 4.74 Å². The smallest absolute Gasteiger partial charge is 0.414 e. The minimum Gasteiger partial charge on any atom is -0.447 e. The second-order valence-electron chi connectivity index (χ2n) is 6.42. The molecule has 25 heavy (non-hydrogen) atoms. The van der Waals surface area contributed by atoms with Crippen LogP contribution in [0.3, 0.4) is 0 Å². The summed E-state index contributed by atoms with van der Waals surface area (Å²) in [6, 6.07) is 9.69. The number of nitrogens with one attached hydrogen (secondary N) is 1. The Balaban J connectivity index is 1.34. The van der Waals surface area contributed by atoms with Crippen molar-refractivity contribution in [2.45, 2.75) is 31.7 Å². The molecule has 2 fully saturated rings. The highest BCUT2D eigenvalue weighted by atomic mass is 16.6. The normalized spacial score (nSPS) is 17.3. The van der Waals surface area contributed by atoms with E-state index in [0.717, 1.165) is 24.1 Å². The lowest BCUT2D eigenvalue weighted by molar-refractivity contribution is -0.115. The molecule has 1 aliphatic heterocycles. The van der Waals surface area contributed by atoms with Gasteiger partial charge in [-0.3, -0.25) is 14.4 Å². The molecule has 2 aliphatic rings. The van der Waals surface area contributed by atoms with Crippen molar-refractivity contribution in [3.63, 3.8) is 0 Å². The molecule has 7 nitrogen and oxygen atoms in total. The molecule has 0 atom stereocenters. The average molecular weight is 340 g/mol. The summed E-state index contributed by atoms with van der Waals surface area (Å²) in [7, 11) is 0.